The highest BCUT2D eigenvalue weighted by Gasteiger charge is 2.31. The van der Waals surface area contributed by atoms with Crippen molar-refractivity contribution in [1.82, 2.24) is 30.0 Å². The number of piperazine rings is 1. The van der Waals surface area contributed by atoms with Gasteiger partial charge >= 0.3 is 12.1 Å². The second kappa shape index (κ2) is 15.6. The van der Waals surface area contributed by atoms with Gasteiger partial charge < -0.3 is 25.0 Å². The number of carboxylic acids is 1. The number of amides is 3. The molecule has 0 bridgehead atoms. The summed E-state index contributed by atoms with van der Waals surface area (Å²) in [7, 11) is 1.96. The SMILES string of the molecule is CCOC(=O)N1CCN(C(=O)C(CCC(=O)O)NC(=O)c2cc(CN(C)Cc3ccccc3)nc(-c3ccccc3)n2)CC1. The zero-order valence-electron chi connectivity index (χ0n) is 25.0. The lowest BCUT2D eigenvalue weighted by molar-refractivity contribution is -0.138. The Morgan fingerprint density at radius 1 is 0.932 bits per heavy atom. The van der Waals surface area contributed by atoms with Crippen LogP contribution in [0.3, 0.4) is 0 Å². The van der Waals surface area contributed by atoms with Crippen LogP contribution in [0.2, 0.25) is 0 Å². The Morgan fingerprint density at radius 2 is 1.57 bits per heavy atom. The van der Waals surface area contributed by atoms with Crippen LogP contribution in [-0.2, 0) is 27.4 Å². The van der Waals surface area contributed by atoms with E-state index in [-0.39, 0.29) is 51.3 Å². The van der Waals surface area contributed by atoms with Crippen LogP contribution in [0.5, 0.6) is 0 Å². The largest absolute Gasteiger partial charge is 0.481 e. The lowest BCUT2D eigenvalue weighted by Crippen LogP contribution is -2.56. The van der Waals surface area contributed by atoms with Gasteiger partial charge in [0, 0.05) is 51.3 Å². The first kappa shape index (κ1) is 32.1. The maximum atomic E-state index is 13.6. The Labute approximate surface area is 256 Å². The molecular formula is C32H38N6O6. The van der Waals surface area contributed by atoms with Crippen LogP contribution in [0.15, 0.2) is 66.7 Å². The molecule has 2 N–H and O–H groups in total. The van der Waals surface area contributed by atoms with Crippen LogP contribution < -0.4 is 5.32 Å². The van der Waals surface area contributed by atoms with Crippen LogP contribution in [0.4, 0.5) is 4.79 Å². The van der Waals surface area contributed by atoms with E-state index in [1.165, 1.54) is 9.80 Å². The fraction of sp³-hybridized carbons (Fsp3) is 0.375. The number of carboxylic acid groups (broad SMARTS) is 1. The molecule has 12 heteroatoms. The Balaban J connectivity index is 1.53. The van der Waals surface area contributed by atoms with Gasteiger partial charge in [-0.1, -0.05) is 60.7 Å². The van der Waals surface area contributed by atoms with Crippen molar-refractivity contribution in [3.05, 3.63) is 83.7 Å². The van der Waals surface area contributed by atoms with E-state index < -0.39 is 29.9 Å². The van der Waals surface area contributed by atoms with Gasteiger partial charge in [0.25, 0.3) is 5.91 Å². The molecule has 2 aromatic carbocycles. The molecule has 44 heavy (non-hydrogen) atoms. The highest BCUT2D eigenvalue weighted by molar-refractivity contribution is 5.96. The molecule has 1 saturated heterocycles. The molecule has 1 fully saturated rings. The molecule has 1 aliphatic rings. The van der Waals surface area contributed by atoms with Gasteiger partial charge in [0.05, 0.1) is 12.3 Å². The van der Waals surface area contributed by atoms with Crippen molar-refractivity contribution < 1.29 is 29.0 Å². The van der Waals surface area contributed by atoms with Crippen molar-refractivity contribution in [1.29, 1.82) is 0 Å². The topological polar surface area (TPSA) is 145 Å². The van der Waals surface area contributed by atoms with E-state index in [0.717, 1.165) is 11.1 Å². The van der Waals surface area contributed by atoms with Gasteiger partial charge in [-0.15, -0.1) is 0 Å². The Bertz CT molecular complexity index is 1430. The summed E-state index contributed by atoms with van der Waals surface area (Å²) in [5.41, 5.74) is 2.55. The molecule has 12 nitrogen and oxygen atoms in total. The van der Waals surface area contributed by atoms with Crippen molar-refractivity contribution >= 4 is 23.9 Å². The molecule has 0 radical (unpaired) electrons. The third-order valence-electron chi connectivity index (χ3n) is 7.14. The van der Waals surface area contributed by atoms with Gasteiger partial charge in [-0.25, -0.2) is 14.8 Å². The number of nitrogens with zero attached hydrogens (tertiary/aromatic N) is 5. The normalized spacial score (nSPS) is 13.8. The number of hydrogen-bond acceptors (Lipinski definition) is 8. The van der Waals surface area contributed by atoms with E-state index in [1.54, 1.807) is 13.0 Å². The molecule has 0 saturated carbocycles. The summed E-state index contributed by atoms with van der Waals surface area (Å²) in [6.45, 7) is 4.10. The second-order valence-corrected chi connectivity index (χ2v) is 10.6. The summed E-state index contributed by atoms with van der Waals surface area (Å²) in [6.07, 6.45) is -0.853. The van der Waals surface area contributed by atoms with Gasteiger partial charge in [0.15, 0.2) is 5.82 Å². The average Bonchev–Trinajstić information content (AvgIpc) is 3.03. The first-order valence-electron chi connectivity index (χ1n) is 14.6. The van der Waals surface area contributed by atoms with Gasteiger partial charge in [0.2, 0.25) is 5.91 Å². The zero-order valence-corrected chi connectivity index (χ0v) is 25.0. The van der Waals surface area contributed by atoms with E-state index >= 15 is 0 Å². The average molecular weight is 603 g/mol. The number of rotatable bonds is 12. The van der Waals surface area contributed by atoms with Gasteiger partial charge in [0.1, 0.15) is 11.7 Å². The zero-order chi connectivity index (χ0) is 31.5. The smallest absolute Gasteiger partial charge is 0.409 e. The second-order valence-electron chi connectivity index (χ2n) is 10.6. The molecule has 1 aliphatic heterocycles. The van der Waals surface area contributed by atoms with E-state index in [2.05, 4.69) is 15.2 Å². The van der Waals surface area contributed by atoms with Crippen molar-refractivity contribution in [3.63, 3.8) is 0 Å². The van der Waals surface area contributed by atoms with Crippen molar-refractivity contribution in [2.24, 2.45) is 0 Å². The standard InChI is InChI=1S/C32H38N6O6/c1-3-44-32(43)38-18-16-37(17-19-38)31(42)26(14-15-28(39)40)35-30(41)27-20-25(22-36(2)21-23-10-6-4-7-11-23)33-29(34-27)24-12-8-5-9-13-24/h4-13,20,26H,3,14-19,21-22H2,1-2H3,(H,35,41)(H,39,40). The first-order chi connectivity index (χ1) is 21.2. The maximum absolute atomic E-state index is 13.6. The minimum atomic E-state index is -1.09. The third-order valence-corrected chi connectivity index (χ3v) is 7.14. The number of benzene rings is 2. The van der Waals surface area contributed by atoms with E-state index in [4.69, 9.17) is 9.72 Å². The van der Waals surface area contributed by atoms with Gasteiger partial charge in [-0.05, 0) is 32.0 Å². The van der Waals surface area contributed by atoms with Crippen molar-refractivity contribution in [3.8, 4) is 11.4 Å². The number of ether oxygens (including phenoxy) is 1. The highest BCUT2D eigenvalue weighted by atomic mass is 16.6. The van der Waals surface area contributed by atoms with Crippen LogP contribution in [-0.4, -0.2) is 99.5 Å². The van der Waals surface area contributed by atoms with Crippen LogP contribution in [0, 0.1) is 0 Å². The minimum absolute atomic E-state index is 0.0715. The quantitative estimate of drug-likeness (QED) is 0.320. The third kappa shape index (κ3) is 9.08. The summed E-state index contributed by atoms with van der Waals surface area (Å²) in [6, 6.07) is 19.8. The van der Waals surface area contributed by atoms with E-state index in [1.807, 2.05) is 67.7 Å². The highest BCUT2D eigenvalue weighted by Crippen LogP contribution is 2.18. The number of hydrogen-bond donors (Lipinski definition) is 2. The number of carbonyl (C=O) groups is 4. The summed E-state index contributed by atoms with van der Waals surface area (Å²) in [5, 5.41) is 12.1. The molecular weight excluding hydrogens is 564 g/mol. The van der Waals surface area contributed by atoms with Gasteiger partial charge in [-0.3, -0.25) is 19.3 Å². The lowest BCUT2D eigenvalue weighted by atomic mass is 10.1. The molecule has 0 spiro atoms. The number of nitrogens with one attached hydrogen (secondary N) is 1. The monoisotopic (exact) mass is 602 g/mol. The number of carbonyl (C=O) groups excluding carboxylic acids is 3. The summed E-state index contributed by atoms with van der Waals surface area (Å²) < 4.78 is 5.04. The van der Waals surface area contributed by atoms with E-state index in [0.29, 0.717) is 24.6 Å². The van der Waals surface area contributed by atoms with Crippen molar-refractivity contribution in [2.45, 2.75) is 38.9 Å². The predicted octanol–water partition coefficient (Wildman–Crippen LogP) is 3.04. The van der Waals surface area contributed by atoms with Crippen molar-refractivity contribution in [2.75, 3.05) is 39.8 Å². The Hall–Kier alpha value is -4.84. The first-order valence-corrected chi connectivity index (χ1v) is 14.6. The number of aliphatic carboxylic acids is 1. The molecule has 4 rings (SSSR count). The predicted molar refractivity (Wildman–Crippen MR) is 162 cm³/mol. The Morgan fingerprint density at radius 3 is 2.20 bits per heavy atom. The summed E-state index contributed by atoms with van der Waals surface area (Å²) in [5.74, 6) is -1.74. The fourth-order valence-corrected chi connectivity index (χ4v) is 4.94. The number of aromatic nitrogens is 2. The van der Waals surface area contributed by atoms with Crippen LogP contribution in [0.1, 0.15) is 41.5 Å². The minimum Gasteiger partial charge on any atom is -0.481 e. The van der Waals surface area contributed by atoms with Crippen LogP contribution >= 0.6 is 0 Å². The fourth-order valence-electron chi connectivity index (χ4n) is 4.94. The van der Waals surface area contributed by atoms with Crippen LogP contribution in [0.25, 0.3) is 11.4 Å². The van der Waals surface area contributed by atoms with Gasteiger partial charge in [-0.2, -0.15) is 0 Å². The molecule has 232 valence electrons. The summed E-state index contributed by atoms with van der Waals surface area (Å²) in [4.78, 5) is 64.9. The molecule has 0 aliphatic carbocycles. The molecule has 1 atom stereocenters. The molecule has 1 aromatic heterocycles. The molecule has 2 heterocycles. The molecule has 3 amide bonds. The maximum Gasteiger partial charge on any atom is 0.409 e. The Kier molecular flexibility index (Phi) is 11.4. The summed E-state index contributed by atoms with van der Waals surface area (Å²) >= 11 is 0. The molecule has 3 aromatic rings. The molecule has 1 unspecified atom stereocenters. The van der Waals surface area contributed by atoms with E-state index in [9.17, 15) is 24.3 Å². The lowest BCUT2D eigenvalue weighted by Gasteiger charge is -2.35.